The van der Waals surface area contributed by atoms with E-state index in [-0.39, 0.29) is 5.91 Å². The first-order chi connectivity index (χ1) is 7.25. The number of carbonyl (C=O) groups is 1. The first-order valence-corrected chi connectivity index (χ1v) is 6.66. The fraction of sp³-hybridized carbons (Fsp3) is 0.111. The van der Waals surface area contributed by atoms with Gasteiger partial charge in [-0.25, -0.2) is 4.98 Å². The van der Waals surface area contributed by atoms with Crippen molar-refractivity contribution in [2.75, 3.05) is 0 Å². The normalized spacial score (nSPS) is 10.2. The van der Waals surface area contributed by atoms with Crippen molar-refractivity contribution in [3.8, 4) is 0 Å². The van der Waals surface area contributed by atoms with Crippen molar-refractivity contribution in [3.63, 3.8) is 0 Å². The molecule has 6 heteroatoms. The molecular weight excluding hydrogens is 296 g/mol. The molecule has 15 heavy (non-hydrogen) atoms. The standard InChI is InChI=1S/C9H7BrN2OS2/c10-7-2-1-6(15-7)9(13)12-5-8-11-3-4-14-8/h1-4H,5H2,(H,12,13). The summed E-state index contributed by atoms with van der Waals surface area (Å²) in [4.78, 5) is 16.4. The van der Waals surface area contributed by atoms with Crippen molar-refractivity contribution >= 4 is 44.5 Å². The van der Waals surface area contributed by atoms with Gasteiger partial charge in [-0.2, -0.15) is 0 Å². The van der Waals surface area contributed by atoms with Gasteiger partial charge in [0.25, 0.3) is 5.91 Å². The molecule has 0 atom stereocenters. The highest BCUT2D eigenvalue weighted by Gasteiger charge is 2.08. The van der Waals surface area contributed by atoms with Gasteiger partial charge in [0.05, 0.1) is 15.2 Å². The minimum atomic E-state index is -0.0547. The lowest BCUT2D eigenvalue weighted by atomic mass is 10.4. The number of thiophene rings is 1. The fourth-order valence-electron chi connectivity index (χ4n) is 1.02. The Morgan fingerprint density at radius 3 is 3.00 bits per heavy atom. The third kappa shape index (κ3) is 2.87. The second-order valence-electron chi connectivity index (χ2n) is 2.71. The molecule has 0 saturated heterocycles. The number of hydrogen-bond acceptors (Lipinski definition) is 4. The average molecular weight is 303 g/mol. The number of nitrogens with one attached hydrogen (secondary N) is 1. The van der Waals surface area contributed by atoms with Gasteiger partial charge >= 0.3 is 0 Å². The average Bonchev–Trinajstić information content (AvgIpc) is 2.84. The number of halogens is 1. The van der Waals surface area contributed by atoms with Gasteiger partial charge in [0, 0.05) is 11.6 Å². The van der Waals surface area contributed by atoms with Crippen LogP contribution in [0.25, 0.3) is 0 Å². The van der Waals surface area contributed by atoms with Crippen LogP contribution in [0.5, 0.6) is 0 Å². The lowest BCUT2D eigenvalue weighted by Gasteiger charge is -1.99. The Morgan fingerprint density at radius 2 is 2.40 bits per heavy atom. The first kappa shape index (κ1) is 10.8. The van der Waals surface area contributed by atoms with E-state index in [1.165, 1.54) is 22.7 Å². The highest BCUT2D eigenvalue weighted by atomic mass is 79.9. The Balaban J connectivity index is 1.93. The van der Waals surface area contributed by atoms with Crippen LogP contribution in [0.1, 0.15) is 14.7 Å². The second-order valence-corrected chi connectivity index (χ2v) is 6.15. The van der Waals surface area contributed by atoms with Crippen LogP contribution in [0.4, 0.5) is 0 Å². The summed E-state index contributed by atoms with van der Waals surface area (Å²) in [6, 6.07) is 3.66. The molecule has 2 heterocycles. The molecule has 2 rings (SSSR count). The van der Waals surface area contributed by atoms with Gasteiger partial charge in [-0.3, -0.25) is 4.79 Å². The molecule has 0 aliphatic heterocycles. The monoisotopic (exact) mass is 302 g/mol. The summed E-state index contributed by atoms with van der Waals surface area (Å²) < 4.78 is 0.960. The smallest absolute Gasteiger partial charge is 0.261 e. The maximum atomic E-state index is 11.6. The lowest BCUT2D eigenvalue weighted by molar-refractivity contribution is 0.0955. The van der Waals surface area contributed by atoms with E-state index in [4.69, 9.17) is 0 Å². The van der Waals surface area contributed by atoms with E-state index in [0.717, 1.165) is 8.79 Å². The second kappa shape index (κ2) is 4.87. The summed E-state index contributed by atoms with van der Waals surface area (Å²) in [5.41, 5.74) is 0. The van der Waals surface area contributed by atoms with E-state index in [2.05, 4.69) is 26.2 Å². The predicted molar refractivity (Wildman–Crippen MR) is 65.3 cm³/mol. The van der Waals surface area contributed by atoms with Crippen LogP contribution in [0.15, 0.2) is 27.5 Å². The molecule has 0 aromatic carbocycles. The third-order valence-corrected chi connectivity index (χ3v) is 4.08. The van der Waals surface area contributed by atoms with Crippen LogP contribution >= 0.6 is 38.6 Å². The Kier molecular flexibility index (Phi) is 3.50. The SMILES string of the molecule is O=C(NCc1nccs1)c1ccc(Br)s1. The number of amides is 1. The van der Waals surface area contributed by atoms with Crippen LogP contribution < -0.4 is 5.32 Å². The maximum absolute atomic E-state index is 11.6. The van der Waals surface area contributed by atoms with Gasteiger partial charge in [-0.05, 0) is 28.1 Å². The molecule has 1 amide bonds. The van der Waals surface area contributed by atoms with Gasteiger partial charge in [-0.15, -0.1) is 22.7 Å². The first-order valence-electron chi connectivity index (χ1n) is 4.17. The van der Waals surface area contributed by atoms with Crippen LogP contribution in [0.2, 0.25) is 0 Å². The maximum Gasteiger partial charge on any atom is 0.261 e. The number of hydrogen-bond donors (Lipinski definition) is 1. The van der Waals surface area contributed by atoms with Crippen molar-refractivity contribution in [2.24, 2.45) is 0 Å². The number of aromatic nitrogens is 1. The number of nitrogens with zero attached hydrogens (tertiary/aromatic N) is 1. The predicted octanol–water partition coefficient (Wildman–Crippen LogP) is 2.90. The van der Waals surface area contributed by atoms with Gasteiger partial charge in [0.1, 0.15) is 5.01 Å². The third-order valence-electron chi connectivity index (χ3n) is 1.68. The quantitative estimate of drug-likeness (QED) is 0.947. The molecule has 0 bridgehead atoms. The summed E-state index contributed by atoms with van der Waals surface area (Å²) in [6.45, 7) is 0.492. The molecule has 2 aromatic rings. The molecule has 0 aliphatic carbocycles. The molecule has 0 fully saturated rings. The Bertz CT molecular complexity index is 452. The zero-order valence-electron chi connectivity index (χ0n) is 7.57. The zero-order chi connectivity index (χ0) is 10.7. The highest BCUT2D eigenvalue weighted by Crippen LogP contribution is 2.21. The topological polar surface area (TPSA) is 42.0 Å². The minimum absolute atomic E-state index is 0.0547. The van der Waals surface area contributed by atoms with E-state index >= 15 is 0 Å². The molecule has 0 saturated carbocycles. The number of rotatable bonds is 3. The van der Waals surface area contributed by atoms with Crippen molar-refractivity contribution in [2.45, 2.75) is 6.54 Å². The van der Waals surface area contributed by atoms with E-state index in [9.17, 15) is 4.79 Å². The summed E-state index contributed by atoms with van der Waals surface area (Å²) >= 11 is 6.27. The highest BCUT2D eigenvalue weighted by molar-refractivity contribution is 9.11. The molecule has 3 nitrogen and oxygen atoms in total. The molecule has 2 aromatic heterocycles. The van der Waals surface area contributed by atoms with Crippen molar-refractivity contribution in [3.05, 3.63) is 37.4 Å². The van der Waals surface area contributed by atoms with Gasteiger partial charge in [0.2, 0.25) is 0 Å². The molecule has 1 N–H and O–H groups in total. The lowest BCUT2D eigenvalue weighted by Crippen LogP contribution is -2.21. The van der Waals surface area contributed by atoms with Gasteiger partial charge in [-0.1, -0.05) is 0 Å². The molecular formula is C9H7BrN2OS2. The summed E-state index contributed by atoms with van der Waals surface area (Å²) in [7, 11) is 0. The minimum Gasteiger partial charge on any atom is -0.345 e. The number of thiazole rings is 1. The van der Waals surface area contributed by atoms with E-state index in [1.807, 2.05) is 11.4 Å². The van der Waals surface area contributed by atoms with Gasteiger partial charge in [0.15, 0.2) is 0 Å². The van der Waals surface area contributed by atoms with E-state index < -0.39 is 0 Å². The molecule has 0 spiro atoms. The summed E-state index contributed by atoms with van der Waals surface area (Å²) in [5, 5.41) is 5.62. The van der Waals surface area contributed by atoms with E-state index in [0.29, 0.717) is 11.4 Å². The van der Waals surface area contributed by atoms with Gasteiger partial charge < -0.3 is 5.32 Å². The van der Waals surface area contributed by atoms with Crippen LogP contribution in [-0.4, -0.2) is 10.9 Å². The summed E-state index contributed by atoms with van der Waals surface area (Å²) in [6.07, 6.45) is 1.73. The molecule has 78 valence electrons. The Labute approximate surface area is 103 Å². The van der Waals surface area contributed by atoms with Crippen LogP contribution in [0, 0.1) is 0 Å². The van der Waals surface area contributed by atoms with Crippen molar-refractivity contribution in [1.82, 2.24) is 10.3 Å². The number of carbonyl (C=O) groups excluding carboxylic acids is 1. The summed E-state index contributed by atoms with van der Waals surface area (Å²) in [5.74, 6) is -0.0547. The van der Waals surface area contributed by atoms with Crippen molar-refractivity contribution < 1.29 is 4.79 Å². The van der Waals surface area contributed by atoms with Crippen LogP contribution in [0.3, 0.4) is 0 Å². The Hall–Kier alpha value is -0.720. The molecule has 0 aliphatic rings. The van der Waals surface area contributed by atoms with Crippen molar-refractivity contribution in [1.29, 1.82) is 0 Å². The molecule has 0 unspecified atom stereocenters. The van der Waals surface area contributed by atoms with Crippen LogP contribution in [-0.2, 0) is 6.54 Å². The zero-order valence-corrected chi connectivity index (χ0v) is 10.8. The Morgan fingerprint density at radius 1 is 1.53 bits per heavy atom. The van der Waals surface area contributed by atoms with E-state index in [1.54, 1.807) is 12.3 Å². The molecule has 0 radical (unpaired) electrons. The fourth-order valence-corrected chi connectivity index (χ4v) is 2.88. The largest absolute Gasteiger partial charge is 0.345 e.